The smallest absolute Gasteiger partial charge is 0.276 e. The summed E-state index contributed by atoms with van der Waals surface area (Å²) < 4.78 is -1.95. The van der Waals surface area contributed by atoms with Crippen molar-refractivity contribution in [3.8, 4) is 0 Å². The molecule has 1 fully saturated rings. The van der Waals surface area contributed by atoms with Crippen LogP contribution in [0.2, 0.25) is 0 Å². The third-order valence-corrected chi connectivity index (χ3v) is 3.38. The highest BCUT2D eigenvalue weighted by Crippen LogP contribution is 2.28. The van der Waals surface area contributed by atoms with Crippen molar-refractivity contribution in [3.05, 3.63) is 24.3 Å². The Morgan fingerprint density at radius 1 is 1.16 bits per heavy atom. The number of hydrogen-bond donors (Lipinski definition) is 2. The summed E-state index contributed by atoms with van der Waals surface area (Å²) >= 11 is 16.5. The van der Waals surface area contributed by atoms with E-state index in [0.717, 1.165) is 31.9 Å². The van der Waals surface area contributed by atoms with Gasteiger partial charge < -0.3 is 15.5 Å². The average Bonchev–Trinajstić information content (AvgIpc) is 2.39. The summed E-state index contributed by atoms with van der Waals surface area (Å²) in [5.74, 6) is -0.660. The number of nitrogens with zero attached hydrogens (tertiary/aromatic N) is 1. The maximum absolute atomic E-state index is 11.5. The SMILES string of the molecule is O=C(Nc1ccc(N2CCNCC2)cc1)C(Cl)(Cl)Cl. The number of alkyl halides is 3. The maximum atomic E-state index is 11.5. The number of carbonyl (C=O) groups excluding carboxylic acids is 1. The highest BCUT2D eigenvalue weighted by atomic mass is 35.6. The summed E-state index contributed by atoms with van der Waals surface area (Å²) in [6, 6.07) is 7.48. The van der Waals surface area contributed by atoms with E-state index in [2.05, 4.69) is 15.5 Å². The van der Waals surface area contributed by atoms with E-state index in [1.807, 2.05) is 12.1 Å². The van der Waals surface area contributed by atoms with Crippen molar-refractivity contribution >= 4 is 52.1 Å². The monoisotopic (exact) mass is 321 g/mol. The molecule has 0 spiro atoms. The minimum absolute atomic E-state index is 0.607. The number of piperazine rings is 1. The van der Waals surface area contributed by atoms with Crippen molar-refractivity contribution in [2.45, 2.75) is 3.79 Å². The molecule has 19 heavy (non-hydrogen) atoms. The molecule has 1 amide bonds. The molecule has 1 aliphatic heterocycles. The Hall–Kier alpha value is -0.680. The van der Waals surface area contributed by atoms with Crippen molar-refractivity contribution in [2.24, 2.45) is 0 Å². The Bertz CT molecular complexity index is 439. The number of nitrogens with one attached hydrogen (secondary N) is 2. The first kappa shape index (κ1) is 14.7. The van der Waals surface area contributed by atoms with E-state index in [9.17, 15) is 4.79 Å². The van der Waals surface area contributed by atoms with E-state index >= 15 is 0 Å². The Balaban J connectivity index is 2.00. The van der Waals surface area contributed by atoms with E-state index in [4.69, 9.17) is 34.8 Å². The van der Waals surface area contributed by atoms with Crippen LogP contribution >= 0.6 is 34.8 Å². The molecule has 2 rings (SSSR count). The highest BCUT2D eigenvalue weighted by Gasteiger charge is 2.30. The highest BCUT2D eigenvalue weighted by molar-refractivity contribution is 6.76. The minimum atomic E-state index is -1.95. The van der Waals surface area contributed by atoms with Gasteiger partial charge in [0.25, 0.3) is 9.70 Å². The van der Waals surface area contributed by atoms with Gasteiger partial charge in [-0.1, -0.05) is 34.8 Å². The normalized spacial score (nSPS) is 16.3. The fraction of sp³-hybridized carbons (Fsp3) is 0.417. The molecule has 4 nitrogen and oxygen atoms in total. The third kappa shape index (κ3) is 4.14. The molecule has 0 unspecified atom stereocenters. The number of rotatable bonds is 2. The van der Waals surface area contributed by atoms with Crippen LogP contribution in [0.25, 0.3) is 0 Å². The van der Waals surface area contributed by atoms with Gasteiger partial charge in [0.2, 0.25) is 0 Å². The van der Waals surface area contributed by atoms with Gasteiger partial charge in [-0.3, -0.25) is 4.79 Å². The first-order chi connectivity index (χ1) is 8.97. The molecule has 0 aliphatic carbocycles. The molecular formula is C12H14Cl3N3O. The molecule has 7 heteroatoms. The van der Waals surface area contributed by atoms with Crippen molar-refractivity contribution in [1.29, 1.82) is 0 Å². The molecule has 1 aromatic rings. The van der Waals surface area contributed by atoms with Crippen LogP contribution in [0.3, 0.4) is 0 Å². The fourth-order valence-electron chi connectivity index (χ4n) is 1.88. The van der Waals surface area contributed by atoms with Gasteiger partial charge in [-0.2, -0.15) is 0 Å². The van der Waals surface area contributed by atoms with E-state index in [-0.39, 0.29) is 0 Å². The fourth-order valence-corrected chi connectivity index (χ4v) is 2.02. The number of anilines is 2. The Morgan fingerprint density at radius 2 is 1.74 bits per heavy atom. The summed E-state index contributed by atoms with van der Waals surface area (Å²) in [6.45, 7) is 3.90. The van der Waals surface area contributed by atoms with Crippen LogP contribution in [0.5, 0.6) is 0 Å². The molecule has 0 saturated carbocycles. The van der Waals surface area contributed by atoms with Crippen LogP contribution in [-0.2, 0) is 4.79 Å². The van der Waals surface area contributed by atoms with E-state index < -0.39 is 9.70 Å². The van der Waals surface area contributed by atoms with Crippen LogP contribution in [0.1, 0.15) is 0 Å². The lowest BCUT2D eigenvalue weighted by Gasteiger charge is -2.29. The van der Waals surface area contributed by atoms with E-state index in [1.165, 1.54) is 0 Å². The van der Waals surface area contributed by atoms with E-state index in [1.54, 1.807) is 12.1 Å². The zero-order valence-electron chi connectivity index (χ0n) is 10.1. The van der Waals surface area contributed by atoms with Gasteiger partial charge in [0.1, 0.15) is 0 Å². The first-order valence-corrected chi connectivity index (χ1v) is 7.04. The molecule has 1 aliphatic rings. The number of benzene rings is 1. The van der Waals surface area contributed by atoms with Gasteiger partial charge in [0.05, 0.1) is 0 Å². The number of halogens is 3. The van der Waals surface area contributed by atoms with Crippen molar-refractivity contribution in [2.75, 3.05) is 36.4 Å². The Morgan fingerprint density at radius 3 is 2.26 bits per heavy atom. The van der Waals surface area contributed by atoms with Gasteiger partial charge in [0.15, 0.2) is 0 Å². The lowest BCUT2D eigenvalue weighted by molar-refractivity contribution is -0.115. The second-order valence-electron chi connectivity index (χ2n) is 4.24. The number of hydrogen-bond acceptors (Lipinski definition) is 3. The van der Waals surface area contributed by atoms with Gasteiger partial charge >= 0.3 is 0 Å². The molecule has 1 saturated heterocycles. The predicted octanol–water partition coefficient (Wildman–Crippen LogP) is 2.40. The molecule has 1 aromatic carbocycles. The third-order valence-electron chi connectivity index (χ3n) is 2.86. The standard InChI is InChI=1S/C12H14Cl3N3O/c13-12(14,15)11(19)17-9-1-3-10(4-2-9)18-7-5-16-6-8-18/h1-4,16H,5-8H2,(H,17,19). The summed E-state index contributed by atoms with van der Waals surface area (Å²) in [5.41, 5.74) is 1.73. The van der Waals surface area contributed by atoms with Crippen LogP contribution in [0, 0.1) is 0 Å². The molecule has 1 heterocycles. The number of carbonyl (C=O) groups is 1. The van der Waals surface area contributed by atoms with Crippen LogP contribution < -0.4 is 15.5 Å². The lowest BCUT2D eigenvalue weighted by atomic mass is 10.2. The first-order valence-electron chi connectivity index (χ1n) is 5.91. The second-order valence-corrected chi connectivity index (χ2v) is 6.52. The predicted molar refractivity (Wildman–Crippen MR) is 80.4 cm³/mol. The molecule has 2 N–H and O–H groups in total. The summed E-state index contributed by atoms with van der Waals surface area (Å²) in [5, 5.41) is 5.84. The summed E-state index contributed by atoms with van der Waals surface area (Å²) in [6.07, 6.45) is 0. The number of amides is 1. The molecule has 0 aromatic heterocycles. The molecule has 104 valence electrons. The van der Waals surface area contributed by atoms with Gasteiger partial charge in [-0.15, -0.1) is 0 Å². The van der Waals surface area contributed by atoms with Gasteiger partial charge in [-0.25, -0.2) is 0 Å². The van der Waals surface area contributed by atoms with Crippen molar-refractivity contribution in [1.82, 2.24) is 5.32 Å². The summed E-state index contributed by atoms with van der Waals surface area (Å²) in [7, 11) is 0. The average molecular weight is 323 g/mol. The maximum Gasteiger partial charge on any atom is 0.276 e. The lowest BCUT2D eigenvalue weighted by Crippen LogP contribution is -2.43. The molecule has 0 atom stereocenters. The van der Waals surface area contributed by atoms with Gasteiger partial charge in [0, 0.05) is 37.6 Å². The minimum Gasteiger partial charge on any atom is -0.369 e. The quantitative estimate of drug-likeness (QED) is 0.822. The summed E-state index contributed by atoms with van der Waals surface area (Å²) in [4.78, 5) is 13.8. The Kier molecular flexibility index (Phi) is 4.79. The largest absolute Gasteiger partial charge is 0.369 e. The zero-order valence-corrected chi connectivity index (χ0v) is 12.4. The van der Waals surface area contributed by atoms with Crippen LogP contribution in [0.4, 0.5) is 11.4 Å². The topological polar surface area (TPSA) is 44.4 Å². The molecule has 0 radical (unpaired) electrons. The van der Waals surface area contributed by atoms with E-state index in [0.29, 0.717) is 5.69 Å². The van der Waals surface area contributed by atoms with Gasteiger partial charge in [-0.05, 0) is 24.3 Å². The zero-order chi connectivity index (χ0) is 13.9. The molecule has 0 bridgehead atoms. The second kappa shape index (κ2) is 6.18. The van der Waals surface area contributed by atoms with Crippen molar-refractivity contribution in [3.63, 3.8) is 0 Å². The van der Waals surface area contributed by atoms with Crippen LogP contribution in [-0.4, -0.2) is 35.9 Å². The molecular weight excluding hydrogens is 309 g/mol. The van der Waals surface area contributed by atoms with Crippen molar-refractivity contribution < 1.29 is 4.79 Å². The Labute approximate surface area is 127 Å². The van der Waals surface area contributed by atoms with Crippen LogP contribution in [0.15, 0.2) is 24.3 Å².